The van der Waals surface area contributed by atoms with E-state index in [4.69, 9.17) is 0 Å². The number of hydrogen-bond donors (Lipinski definition) is 0. The van der Waals surface area contributed by atoms with Crippen LogP contribution in [0.25, 0.3) is 0 Å². The molecule has 0 heteroatoms. The molecular weight excluding hydrogens is 336 g/mol. The second-order valence-electron chi connectivity index (χ2n) is 9.18. The van der Waals surface area contributed by atoms with Gasteiger partial charge in [-0.3, -0.25) is 0 Å². The fourth-order valence-electron chi connectivity index (χ4n) is 4.20. The lowest BCUT2D eigenvalue weighted by Gasteiger charge is -2.16. The highest BCUT2D eigenvalue weighted by atomic mass is 14.1. The molecule has 0 fully saturated rings. The van der Waals surface area contributed by atoms with Gasteiger partial charge in [0.1, 0.15) is 0 Å². The predicted octanol–water partition coefficient (Wildman–Crippen LogP) is 10.3. The van der Waals surface area contributed by atoms with Crippen LogP contribution in [-0.2, 0) is 0 Å². The van der Waals surface area contributed by atoms with E-state index in [0.717, 1.165) is 24.7 Å². The summed E-state index contributed by atoms with van der Waals surface area (Å²) in [6.07, 6.45) is 32.1. The van der Waals surface area contributed by atoms with Gasteiger partial charge in [-0.1, -0.05) is 143 Å². The highest BCUT2D eigenvalue weighted by molar-refractivity contribution is 4.81. The van der Waals surface area contributed by atoms with Crippen LogP contribution in [0.4, 0.5) is 0 Å². The van der Waals surface area contributed by atoms with Crippen molar-refractivity contribution in [3.05, 3.63) is 26.0 Å². The van der Waals surface area contributed by atoms with Gasteiger partial charge in [0.25, 0.3) is 0 Å². The molecule has 0 nitrogen and oxygen atoms in total. The van der Waals surface area contributed by atoms with E-state index < -0.39 is 0 Å². The number of allylic oxidation sites excluding steroid dienone is 2. The zero-order chi connectivity index (χ0) is 20.7. The van der Waals surface area contributed by atoms with Crippen LogP contribution < -0.4 is 0 Å². The highest BCUT2D eigenvalue weighted by Gasteiger charge is 2.08. The molecule has 0 spiro atoms. The van der Waals surface area contributed by atoms with Crippen LogP contribution in [0.3, 0.4) is 0 Å². The van der Waals surface area contributed by atoms with E-state index in [1.54, 1.807) is 0 Å². The van der Waals surface area contributed by atoms with E-state index in [2.05, 4.69) is 39.8 Å². The number of unbranched alkanes of at least 4 members (excludes halogenated alkanes) is 11. The number of rotatable bonds is 22. The standard InChI is InChI=1S/C28H54/c1-5-8-10-12-14-15-16-17-19-21-25-28(7-3)26-22-24-27(4)23-20-18-13-11-9-6-2/h12,14,27-28H,1-2,5-11,13,15-26H2,3-4H3/b14-12+. The largest absolute Gasteiger partial charge is 0.0885 e. The lowest BCUT2D eigenvalue weighted by molar-refractivity contribution is 0.367. The molecule has 0 aliphatic rings. The molecule has 2 atom stereocenters. The van der Waals surface area contributed by atoms with E-state index in [1.807, 2.05) is 0 Å². The fraction of sp³-hybridized carbons (Fsp3) is 0.857. The van der Waals surface area contributed by atoms with Crippen molar-refractivity contribution in [1.82, 2.24) is 0 Å². The Hall–Kier alpha value is -0.260. The van der Waals surface area contributed by atoms with Gasteiger partial charge in [-0.05, 0) is 37.5 Å². The van der Waals surface area contributed by atoms with Crippen LogP contribution in [0.1, 0.15) is 142 Å². The molecule has 0 amide bonds. The summed E-state index contributed by atoms with van der Waals surface area (Å²) in [4.78, 5) is 0. The molecule has 0 rings (SSSR count). The maximum absolute atomic E-state index is 3.93. The maximum Gasteiger partial charge on any atom is -0.0351 e. The van der Waals surface area contributed by atoms with E-state index in [9.17, 15) is 0 Å². The van der Waals surface area contributed by atoms with Crippen molar-refractivity contribution in [3.8, 4) is 0 Å². The fourth-order valence-corrected chi connectivity index (χ4v) is 4.20. The van der Waals surface area contributed by atoms with Gasteiger partial charge < -0.3 is 0 Å². The van der Waals surface area contributed by atoms with E-state index in [1.165, 1.54) is 116 Å². The molecule has 0 bridgehead atoms. The van der Waals surface area contributed by atoms with Crippen LogP contribution in [0.2, 0.25) is 0 Å². The normalized spacial score (nSPS) is 14.0. The minimum absolute atomic E-state index is 0.937. The first-order valence-electron chi connectivity index (χ1n) is 13.0. The van der Waals surface area contributed by atoms with Crippen molar-refractivity contribution in [2.75, 3.05) is 0 Å². The summed E-state index contributed by atoms with van der Waals surface area (Å²) in [7, 11) is 0. The Morgan fingerprint density at radius 2 is 1.07 bits per heavy atom. The van der Waals surface area contributed by atoms with Crippen LogP contribution in [0, 0.1) is 25.7 Å². The third-order valence-electron chi connectivity index (χ3n) is 6.35. The minimum atomic E-state index is 0.937. The summed E-state index contributed by atoms with van der Waals surface area (Å²) in [5.41, 5.74) is 0. The first-order valence-corrected chi connectivity index (χ1v) is 13.0. The van der Waals surface area contributed by atoms with Crippen LogP contribution in [0.15, 0.2) is 12.2 Å². The quantitative estimate of drug-likeness (QED) is 0.127. The third kappa shape index (κ3) is 20.5. The van der Waals surface area contributed by atoms with Crippen molar-refractivity contribution in [3.63, 3.8) is 0 Å². The molecule has 0 N–H and O–H groups in total. The average molecular weight is 391 g/mol. The molecule has 0 heterocycles. The monoisotopic (exact) mass is 390 g/mol. The Morgan fingerprint density at radius 3 is 1.75 bits per heavy atom. The Bertz CT molecular complexity index is 303. The first kappa shape index (κ1) is 27.7. The molecule has 0 saturated heterocycles. The third-order valence-corrected chi connectivity index (χ3v) is 6.35. The van der Waals surface area contributed by atoms with E-state index >= 15 is 0 Å². The molecule has 2 radical (unpaired) electrons. The molecule has 0 aliphatic heterocycles. The van der Waals surface area contributed by atoms with Crippen molar-refractivity contribution in [2.45, 2.75) is 142 Å². The van der Waals surface area contributed by atoms with Gasteiger partial charge in [0.05, 0.1) is 0 Å². The van der Waals surface area contributed by atoms with Gasteiger partial charge in [0.2, 0.25) is 0 Å². The Kier molecular flexibility index (Phi) is 22.8. The van der Waals surface area contributed by atoms with Gasteiger partial charge in [-0.25, -0.2) is 0 Å². The molecule has 0 aromatic heterocycles. The summed E-state index contributed by atoms with van der Waals surface area (Å²) >= 11 is 0. The molecule has 2 unspecified atom stereocenters. The van der Waals surface area contributed by atoms with Gasteiger partial charge in [0, 0.05) is 0 Å². The second-order valence-corrected chi connectivity index (χ2v) is 9.18. The van der Waals surface area contributed by atoms with Crippen LogP contribution in [-0.4, -0.2) is 0 Å². The van der Waals surface area contributed by atoms with E-state index in [0.29, 0.717) is 0 Å². The van der Waals surface area contributed by atoms with Gasteiger partial charge in [0.15, 0.2) is 0 Å². The zero-order valence-electron chi connectivity index (χ0n) is 19.9. The topological polar surface area (TPSA) is 0 Å². The summed E-state index contributed by atoms with van der Waals surface area (Å²) < 4.78 is 0. The SMILES string of the molecule is [CH2]CCC/C=C/CCCCCCC(CC)CCCC(C)CCCCCCC[CH2]. The maximum atomic E-state index is 3.93. The van der Waals surface area contributed by atoms with Gasteiger partial charge in [-0.2, -0.15) is 0 Å². The lowest BCUT2D eigenvalue weighted by Crippen LogP contribution is -2.02. The molecule has 0 aromatic carbocycles. The molecule has 0 aromatic rings. The molecule has 166 valence electrons. The molecule has 0 saturated carbocycles. The Labute approximate surface area is 180 Å². The van der Waals surface area contributed by atoms with E-state index in [-0.39, 0.29) is 0 Å². The average Bonchev–Trinajstić information content (AvgIpc) is 2.70. The predicted molar refractivity (Wildman–Crippen MR) is 131 cm³/mol. The summed E-state index contributed by atoms with van der Waals surface area (Å²) in [5, 5.41) is 0. The molecule has 28 heavy (non-hydrogen) atoms. The molecular formula is C28H54. The van der Waals surface area contributed by atoms with Crippen LogP contribution in [0.5, 0.6) is 0 Å². The summed E-state index contributed by atoms with van der Waals surface area (Å²) in [6, 6.07) is 0. The van der Waals surface area contributed by atoms with Crippen LogP contribution >= 0.6 is 0 Å². The van der Waals surface area contributed by atoms with Crippen molar-refractivity contribution in [2.24, 2.45) is 11.8 Å². The minimum Gasteiger partial charge on any atom is -0.0885 e. The Morgan fingerprint density at radius 1 is 0.571 bits per heavy atom. The zero-order valence-corrected chi connectivity index (χ0v) is 19.9. The Balaban J connectivity index is 3.49. The smallest absolute Gasteiger partial charge is 0.0351 e. The van der Waals surface area contributed by atoms with Gasteiger partial charge >= 0.3 is 0 Å². The van der Waals surface area contributed by atoms with Crippen molar-refractivity contribution in [1.29, 1.82) is 0 Å². The van der Waals surface area contributed by atoms with Crippen molar-refractivity contribution < 1.29 is 0 Å². The van der Waals surface area contributed by atoms with Gasteiger partial charge in [-0.15, -0.1) is 0 Å². The van der Waals surface area contributed by atoms with Crippen molar-refractivity contribution >= 4 is 0 Å². The summed E-state index contributed by atoms with van der Waals surface area (Å²) in [5.74, 6) is 1.92. The lowest BCUT2D eigenvalue weighted by atomic mass is 9.90. The first-order chi connectivity index (χ1) is 13.7. The highest BCUT2D eigenvalue weighted by Crippen LogP contribution is 2.23. The molecule has 0 aliphatic carbocycles. The second kappa shape index (κ2) is 23.0. The number of hydrogen-bond acceptors (Lipinski definition) is 0. The summed E-state index contributed by atoms with van der Waals surface area (Å²) in [6.45, 7) is 12.7.